The van der Waals surface area contributed by atoms with Gasteiger partial charge in [0.05, 0.1) is 12.7 Å². The van der Waals surface area contributed by atoms with E-state index in [1.807, 2.05) is 0 Å². The van der Waals surface area contributed by atoms with Gasteiger partial charge in [-0.3, -0.25) is 5.16 Å². The molecule has 0 N–H and O–H groups in total. The molecule has 0 amide bonds. The van der Waals surface area contributed by atoms with Gasteiger partial charge in [-0.15, -0.1) is 0 Å². The monoisotopic (exact) mass is 258 g/mol. The van der Waals surface area contributed by atoms with Gasteiger partial charge in [-0.1, -0.05) is 12.1 Å². The zero-order valence-electron chi connectivity index (χ0n) is 9.34. The van der Waals surface area contributed by atoms with Crippen LogP contribution in [0.15, 0.2) is 33.6 Å². The number of carbonyl (C=O) groups excluding carboxylic acids is 1. The predicted octanol–water partition coefficient (Wildman–Crippen LogP) is -2.55. The van der Waals surface area contributed by atoms with Crippen LogP contribution in [0.4, 0.5) is 0 Å². The van der Waals surface area contributed by atoms with Crippen molar-refractivity contribution in [3.63, 3.8) is 0 Å². The third kappa shape index (κ3) is 3.36. The molecule has 1 aromatic heterocycles. The van der Waals surface area contributed by atoms with Gasteiger partial charge in [0.2, 0.25) is 0 Å². The minimum Gasteiger partial charge on any atom is -0.465 e. The first-order chi connectivity index (χ1) is 7.70. The zero-order valence-corrected chi connectivity index (χ0v) is 12.5. The Morgan fingerprint density at radius 2 is 2.00 bits per heavy atom. The van der Waals surface area contributed by atoms with Crippen LogP contribution < -0.4 is 62.1 Å². The molecule has 0 bridgehead atoms. The smallest absolute Gasteiger partial charge is 0.465 e. The molecule has 1 aromatic carbocycles. The second-order valence-electron chi connectivity index (χ2n) is 2.95. The van der Waals surface area contributed by atoms with Crippen molar-refractivity contribution in [2.75, 3.05) is 7.11 Å². The van der Waals surface area contributed by atoms with Gasteiger partial charge in [-0.05, 0) is 23.5 Å². The summed E-state index contributed by atoms with van der Waals surface area (Å²) in [5, 5.41) is 3.47. The maximum Gasteiger partial charge on any atom is 1.00 e. The maximum atomic E-state index is 11.1. The number of carbonyl (C=O) groups is 1. The van der Waals surface area contributed by atoms with E-state index in [-0.39, 0.29) is 57.2 Å². The van der Waals surface area contributed by atoms with Crippen molar-refractivity contribution in [1.82, 2.24) is 10.1 Å². The summed E-state index contributed by atoms with van der Waals surface area (Å²) in [5.74, 6) is -0.974. The van der Waals surface area contributed by atoms with Crippen molar-refractivity contribution in [2.24, 2.45) is 0 Å². The van der Waals surface area contributed by atoms with Gasteiger partial charge in [0.25, 0.3) is 0 Å². The molecular weight excluding hydrogens is 251 g/mol. The van der Waals surface area contributed by atoms with Gasteiger partial charge in [-0.25, -0.2) is 9.59 Å². The number of benzene rings is 1. The van der Waals surface area contributed by atoms with E-state index >= 15 is 0 Å². The molecule has 0 radical (unpaired) electrons. The van der Waals surface area contributed by atoms with Crippen LogP contribution in [0.2, 0.25) is 0 Å². The number of esters is 1. The third-order valence-electron chi connectivity index (χ3n) is 1.97. The van der Waals surface area contributed by atoms with Crippen molar-refractivity contribution >= 4 is 5.97 Å². The van der Waals surface area contributed by atoms with Crippen LogP contribution in [-0.2, 0) is 4.74 Å². The molecule has 0 spiro atoms. The average Bonchev–Trinajstić information content (AvgIpc) is 2.75. The summed E-state index contributed by atoms with van der Waals surface area (Å²) in [6.07, 6.45) is 0. The van der Waals surface area contributed by atoms with E-state index in [1.54, 1.807) is 24.3 Å². The van der Waals surface area contributed by atoms with E-state index in [0.29, 0.717) is 11.1 Å². The van der Waals surface area contributed by atoms with E-state index < -0.39 is 11.7 Å². The number of methoxy groups -OCH3 is 1. The maximum absolute atomic E-state index is 11.1. The van der Waals surface area contributed by atoms with Crippen LogP contribution in [0, 0.1) is 0 Å². The summed E-state index contributed by atoms with van der Waals surface area (Å²) >= 11 is 0. The molecule has 7 heteroatoms. The quantitative estimate of drug-likeness (QED) is 0.435. The summed E-state index contributed by atoms with van der Waals surface area (Å²) in [6.45, 7) is 0. The van der Waals surface area contributed by atoms with Crippen LogP contribution in [0.3, 0.4) is 0 Å². The molecular formula is C10H7KN2O4. The van der Waals surface area contributed by atoms with Crippen molar-refractivity contribution in [1.29, 1.82) is 0 Å². The zero-order chi connectivity index (χ0) is 11.5. The third-order valence-corrected chi connectivity index (χ3v) is 1.97. The molecule has 0 aliphatic rings. The van der Waals surface area contributed by atoms with E-state index in [0.717, 1.165) is 0 Å². The average molecular weight is 258 g/mol. The fraction of sp³-hybridized carbons (Fsp3) is 0.100. The number of ether oxygens (including phenoxy) is 1. The molecule has 82 valence electrons. The fourth-order valence-corrected chi connectivity index (χ4v) is 1.20. The summed E-state index contributed by atoms with van der Waals surface area (Å²) in [6, 6.07) is 6.33. The summed E-state index contributed by atoms with van der Waals surface area (Å²) < 4.78 is 8.86. The Balaban J connectivity index is 0.00000144. The molecule has 2 rings (SSSR count). The van der Waals surface area contributed by atoms with Gasteiger partial charge < -0.3 is 14.2 Å². The van der Waals surface area contributed by atoms with Gasteiger partial charge in [-0.2, -0.15) is 0 Å². The molecule has 0 aliphatic carbocycles. The molecule has 0 aliphatic heterocycles. The Morgan fingerprint density at radius 3 is 2.47 bits per heavy atom. The summed E-state index contributed by atoms with van der Waals surface area (Å²) in [4.78, 5) is 25.3. The van der Waals surface area contributed by atoms with Crippen LogP contribution in [0.1, 0.15) is 10.4 Å². The number of hydrogen-bond donors (Lipinski definition) is 0. The Labute approximate surface area is 139 Å². The normalized spacial score (nSPS) is 9.47. The van der Waals surface area contributed by atoms with Crippen LogP contribution in [-0.4, -0.2) is 18.2 Å². The summed E-state index contributed by atoms with van der Waals surface area (Å²) in [7, 11) is 1.30. The standard InChI is InChI=1S/C10H8N2O4.K/c1-15-9(13)7-4-2-6(3-5-7)8-11-10(14)16-12-8;/h2-5H,1H3,(H,11,12,14);/q;+1/p-1. The summed E-state index contributed by atoms with van der Waals surface area (Å²) in [5.41, 5.74) is 1.01. The topological polar surface area (TPSA) is 83.5 Å². The number of nitrogens with zero attached hydrogens (tertiary/aromatic N) is 2. The largest absolute Gasteiger partial charge is 1.00 e. The predicted molar refractivity (Wildman–Crippen MR) is 52.9 cm³/mol. The minimum absolute atomic E-state index is 0. The Bertz CT molecular complexity index is 558. The number of rotatable bonds is 2. The van der Waals surface area contributed by atoms with Crippen molar-refractivity contribution in [3.8, 4) is 11.4 Å². The first-order valence-electron chi connectivity index (χ1n) is 4.40. The Hall–Kier alpha value is -0.734. The van der Waals surface area contributed by atoms with E-state index in [2.05, 4.69) is 19.4 Å². The van der Waals surface area contributed by atoms with Gasteiger partial charge >= 0.3 is 63.1 Å². The second kappa shape index (κ2) is 6.27. The molecule has 0 unspecified atom stereocenters. The molecule has 0 saturated heterocycles. The van der Waals surface area contributed by atoms with E-state index in [9.17, 15) is 9.59 Å². The van der Waals surface area contributed by atoms with Crippen LogP contribution >= 0.6 is 0 Å². The van der Waals surface area contributed by atoms with E-state index in [4.69, 9.17) is 0 Å². The first kappa shape index (κ1) is 14.3. The molecule has 6 nitrogen and oxygen atoms in total. The number of hydrogen-bond acceptors (Lipinski definition) is 5. The van der Waals surface area contributed by atoms with Crippen molar-refractivity contribution < 1.29 is 65.4 Å². The molecule has 1 heterocycles. The van der Waals surface area contributed by atoms with Crippen molar-refractivity contribution in [2.45, 2.75) is 0 Å². The molecule has 17 heavy (non-hydrogen) atoms. The van der Waals surface area contributed by atoms with Crippen molar-refractivity contribution in [3.05, 3.63) is 40.4 Å². The van der Waals surface area contributed by atoms with Crippen LogP contribution in [0.5, 0.6) is 0 Å². The Morgan fingerprint density at radius 1 is 1.35 bits per heavy atom. The molecule has 0 atom stereocenters. The van der Waals surface area contributed by atoms with Gasteiger partial charge in [0.15, 0.2) is 0 Å². The van der Waals surface area contributed by atoms with Crippen LogP contribution in [0.25, 0.3) is 11.4 Å². The Kier molecular flexibility index (Phi) is 5.28. The fourth-order valence-electron chi connectivity index (χ4n) is 1.20. The van der Waals surface area contributed by atoms with Gasteiger partial charge in [0, 0.05) is 0 Å². The molecule has 0 saturated carbocycles. The first-order valence-corrected chi connectivity index (χ1v) is 4.40. The SMILES string of the molecule is COC(=O)c1ccc(-c2noc(=O)[n-]2)cc1.[K+]. The van der Waals surface area contributed by atoms with E-state index in [1.165, 1.54) is 7.11 Å². The number of aromatic nitrogens is 2. The van der Waals surface area contributed by atoms with Gasteiger partial charge in [0.1, 0.15) is 0 Å². The second-order valence-corrected chi connectivity index (χ2v) is 2.95. The molecule has 0 fully saturated rings. The molecule has 2 aromatic rings. The minimum atomic E-state index is -0.743.